The van der Waals surface area contributed by atoms with E-state index in [-0.39, 0.29) is 16.7 Å². The van der Waals surface area contributed by atoms with E-state index in [1.165, 1.54) is 12.1 Å². The number of halogens is 8. The van der Waals surface area contributed by atoms with Gasteiger partial charge in [0.05, 0.1) is 11.6 Å². The van der Waals surface area contributed by atoms with E-state index in [1.54, 1.807) is 19.1 Å². The molecule has 2 heterocycles. The molecule has 0 spiro atoms. The topological polar surface area (TPSA) is 50.1 Å². The molecule has 0 saturated heterocycles. The van der Waals surface area contributed by atoms with Crippen LogP contribution in [-0.2, 0) is 12.4 Å². The molecule has 31 heavy (non-hydrogen) atoms. The lowest BCUT2D eigenvalue weighted by Gasteiger charge is -1.99. The first-order chi connectivity index (χ1) is 14.3. The molecule has 11 heteroatoms. The number of benzene rings is 2. The molecule has 0 atom stereocenters. The van der Waals surface area contributed by atoms with Crippen molar-refractivity contribution in [3.05, 3.63) is 68.0 Å². The van der Waals surface area contributed by atoms with Crippen LogP contribution in [0.25, 0.3) is 21.9 Å². The smallest absolute Gasteiger partial charge is 0.449 e. The van der Waals surface area contributed by atoms with Crippen LogP contribution >= 0.6 is 31.9 Å². The number of alkyl halides is 6. The summed E-state index contributed by atoms with van der Waals surface area (Å²) < 4.78 is 84.5. The summed E-state index contributed by atoms with van der Waals surface area (Å²) in [6, 6.07) is 9.78. The van der Waals surface area contributed by atoms with Gasteiger partial charge in [0.1, 0.15) is 11.2 Å². The van der Waals surface area contributed by atoms with Gasteiger partial charge < -0.3 is 8.83 Å². The zero-order chi connectivity index (χ0) is 23.1. The first-order valence-electron chi connectivity index (χ1n) is 8.27. The van der Waals surface area contributed by atoms with Crippen molar-refractivity contribution in [1.29, 1.82) is 5.26 Å². The number of rotatable bonds is 0. The van der Waals surface area contributed by atoms with Gasteiger partial charge in [0.25, 0.3) is 0 Å². The first kappa shape index (κ1) is 23.2. The molecule has 2 aromatic heterocycles. The minimum Gasteiger partial charge on any atom is -0.451 e. The minimum atomic E-state index is -4.52. The van der Waals surface area contributed by atoms with Crippen LogP contribution in [0.3, 0.4) is 0 Å². The SMILES string of the molecule is Cc1cc(Br)c2cc(C(F)(F)F)oc2c1.N#Cc1cc(Br)c2cc(C(F)(F)F)oc2c1. The Labute approximate surface area is 187 Å². The van der Waals surface area contributed by atoms with Crippen LogP contribution < -0.4 is 0 Å². The molecule has 0 aliphatic heterocycles. The third-order valence-corrected chi connectivity index (χ3v) is 5.32. The molecular weight excluding hydrogens is 560 g/mol. The molecule has 0 aliphatic carbocycles. The van der Waals surface area contributed by atoms with Crippen LogP contribution in [0.5, 0.6) is 0 Å². The van der Waals surface area contributed by atoms with Gasteiger partial charge in [-0.25, -0.2) is 0 Å². The fourth-order valence-corrected chi connectivity index (χ4v) is 3.89. The number of hydrogen-bond acceptors (Lipinski definition) is 3. The van der Waals surface area contributed by atoms with Gasteiger partial charge in [-0.2, -0.15) is 31.6 Å². The molecular formula is C20H9Br2F6NO2. The van der Waals surface area contributed by atoms with E-state index in [0.717, 1.165) is 17.7 Å². The van der Waals surface area contributed by atoms with Gasteiger partial charge in [0, 0.05) is 19.7 Å². The molecule has 0 N–H and O–H groups in total. The summed E-state index contributed by atoms with van der Waals surface area (Å²) in [6.45, 7) is 1.79. The highest BCUT2D eigenvalue weighted by Crippen LogP contribution is 2.37. The van der Waals surface area contributed by atoms with Crippen molar-refractivity contribution < 1.29 is 35.2 Å². The van der Waals surface area contributed by atoms with Gasteiger partial charge in [-0.05, 0) is 64.8 Å². The minimum absolute atomic E-state index is 0.0400. The van der Waals surface area contributed by atoms with Crippen LogP contribution in [0.2, 0.25) is 0 Å². The molecule has 0 unspecified atom stereocenters. The predicted octanol–water partition coefficient (Wildman–Crippen LogP) is 8.61. The Morgan fingerprint density at radius 3 is 1.65 bits per heavy atom. The summed E-state index contributed by atoms with van der Waals surface area (Å²) in [4.78, 5) is 0. The Bertz CT molecular complexity index is 1310. The molecule has 0 saturated carbocycles. The highest BCUT2D eigenvalue weighted by atomic mass is 79.9. The second-order valence-corrected chi connectivity index (χ2v) is 8.07. The van der Waals surface area contributed by atoms with Crippen molar-refractivity contribution in [2.45, 2.75) is 19.3 Å². The number of nitriles is 1. The molecule has 4 aromatic rings. The van der Waals surface area contributed by atoms with Gasteiger partial charge in [0.2, 0.25) is 11.5 Å². The zero-order valence-electron chi connectivity index (χ0n) is 15.3. The van der Waals surface area contributed by atoms with Crippen molar-refractivity contribution in [2.75, 3.05) is 0 Å². The van der Waals surface area contributed by atoms with Gasteiger partial charge in [0.15, 0.2) is 0 Å². The van der Waals surface area contributed by atoms with Crippen LogP contribution in [0.15, 0.2) is 54.2 Å². The first-order valence-corrected chi connectivity index (χ1v) is 9.85. The molecule has 0 bridgehead atoms. The van der Waals surface area contributed by atoms with Crippen LogP contribution in [0.4, 0.5) is 26.3 Å². The van der Waals surface area contributed by atoms with Crippen molar-refractivity contribution >= 4 is 53.8 Å². The Hall–Kier alpha value is -2.45. The van der Waals surface area contributed by atoms with Crippen LogP contribution in [0, 0.1) is 18.3 Å². The number of furan rings is 2. The Kier molecular flexibility index (Phi) is 6.17. The van der Waals surface area contributed by atoms with Crippen LogP contribution in [-0.4, -0.2) is 0 Å². The monoisotopic (exact) mass is 567 g/mol. The maximum absolute atomic E-state index is 12.4. The number of aryl methyl sites for hydroxylation is 1. The van der Waals surface area contributed by atoms with E-state index in [0.29, 0.717) is 19.7 Å². The summed E-state index contributed by atoms with van der Waals surface area (Å²) >= 11 is 6.29. The standard InChI is InChI=1S/C10H3BrF3NO.C10H6BrF3O/c11-7-1-5(4-15)2-8-6(7)3-9(16-8)10(12,13)14;1-5-2-7(11)6-4-9(10(12,13)14)15-8(6)3-5/h1-3H;2-4H,1H3. The van der Waals surface area contributed by atoms with Gasteiger partial charge in [-0.1, -0.05) is 15.9 Å². The molecule has 2 aromatic carbocycles. The molecule has 3 nitrogen and oxygen atoms in total. The van der Waals surface area contributed by atoms with E-state index >= 15 is 0 Å². The summed E-state index contributed by atoms with van der Waals surface area (Å²) in [5.41, 5.74) is 1.37. The fraction of sp³-hybridized carbons (Fsp3) is 0.150. The van der Waals surface area contributed by atoms with E-state index in [1.807, 2.05) is 6.07 Å². The predicted molar refractivity (Wildman–Crippen MR) is 107 cm³/mol. The van der Waals surface area contributed by atoms with Crippen LogP contribution in [0.1, 0.15) is 22.6 Å². The van der Waals surface area contributed by atoms with Crippen molar-refractivity contribution in [1.82, 2.24) is 0 Å². The summed E-state index contributed by atoms with van der Waals surface area (Å²) in [5, 5.41) is 9.39. The maximum atomic E-state index is 12.4. The summed E-state index contributed by atoms with van der Waals surface area (Å²) in [7, 11) is 0. The van der Waals surface area contributed by atoms with E-state index in [4.69, 9.17) is 9.68 Å². The molecule has 0 fully saturated rings. The van der Waals surface area contributed by atoms with E-state index < -0.39 is 23.9 Å². The Balaban J connectivity index is 0.000000176. The Morgan fingerprint density at radius 1 is 0.742 bits per heavy atom. The summed E-state index contributed by atoms with van der Waals surface area (Å²) in [5.74, 6) is -2.04. The number of fused-ring (bicyclic) bond motifs is 2. The quantitative estimate of drug-likeness (QED) is 0.200. The van der Waals surface area contributed by atoms with Gasteiger partial charge >= 0.3 is 12.4 Å². The molecule has 0 amide bonds. The van der Waals surface area contributed by atoms with Crippen molar-refractivity contribution in [3.63, 3.8) is 0 Å². The van der Waals surface area contributed by atoms with E-state index in [9.17, 15) is 26.3 Å². The zero-order valence-corrected chi connectivity index (χ0v) is 18.4. The lowest BCUT2D eigenvalue weighted by Crippen LogP contribution is -2.01. The second-order valence-electron chi connectivity index (χ2n) is 6.36. The van der Waals surface area contributed by atoms with Crippen molar-refractivity contribution in [3.8, 4) is 6.07 Å². The third-order valence-electron chi connectivity index (χ3n) is 4.01. The fourth-order valence-electron chi connectivity index (χ4n) is 2.67. The Morgan fingerprint density at radius 2 is 1.19 bits per heavy atom. The van der Waals surface area contributed by atoms with Gasteiger partial charge in [-0.3, -0.25) is 0 Å². The van der Waals surface area contributed by atoms with E-state index in [2.05, 4.69) is 36.3 Å². The highest BCUT2D eigenvalue weighted by molar-refractivity contribution is 9.11. The lowest BCUT2D eigenvalue weighted by molar-refractivity contribution is -0.152. The molecule has 4 rings (SSSR count). The normalized spacial score (nSPS) is 12.0. The van der Waals surface area contributed by atoms with Gasteiger partial charge in [-0.15, -0.1) is 0 Å². The largest absolute Gasteiger partial charge is 0.451 e. The third kappa shape index (κ3) is 5.07. The average molecular weight is 569 g/mol. The average Bonchev–Trinajstić information content (AvgIpc) is 3.26. The molecule has 0 radical (unpaired) electrons. The number of hydrogen-bond donors (Lipinski definition) is 0. The molecule has 0 aliphatic rings. The molecule has 162 valence electrons. The highest BCUT2D eigenvalue weighted by Gasteiger charge is 2.36. The maximum Gasteiger partial charge on any atom is 0.449 e. The van der Waals surface area contributed by atoms with Crippen molar-refractivity contribution in [2.24, 2.45) is 0 Å². The lowest BCUT2D eigenvalue weighted by atomic mass is 10.2. The number of nitrogens with zero attached hydrogens (tertiary/aromatic N) is 1. The second kappa shape index (κ2) is 8.24. The summed E-state index contributed by atoms with van der Waals surface area (Å²) in [6.07, 6.45) is -8.96.